The maximum absolute atomic E-state index is 10.6. The molecule has 0 amide bonds. The van der Waals surface area contributed by atoms with E-state index < -0.39 is 5.60 Å². The molecule has 1 N–H and O–H groups in total. The molecule has 2 nitrogen and oxygen atoms in total. The van der Waals surface area contributed by atoms with E-state index in [0.717, 1.165) is 37.1 Å². The molecule has 1 fully saturated rings. The highest BCUT2D eigenvalue weighted by Crippen LogP contribution is 2.39. The maximum Gasteiger partial charge on any atom is 0.0953 e. The number of aromatic nitrogens is 1. The van der Waals surface area contributed by atoms with Crippen molar-refractivity contribution in [3.8, 4) is 0 Å². The summed E-state index contributed by atoms with van der Waals surface area (Å²) in [7, 11) is 0. The normalized spacial score (nSPS) is 29.9. The Bertz CT molecular complexity index is 334. The van der Waals surface area contributed by atoms with Gasteiger partial charge >= 0.3 is 0 Å². The summed E-state index contributed by atoms with van der Waals surface area (Å²) in [6.45, 7) is 4.62. The smallest absolute Gasteiger partial charge is 0.0953 e. The number of thiazole rings is 1. The number of aliphatic hydroxyl groups is 1. The molecule has 1 unspecified atom stereocenters. The summed E-state index contributed by atoms with van der Waals surface area (Å²) < 4.78 is 0. The van der Waals surface area contributed by atoms with Crippen LogP contribution in [0.1, 0.15) is 51.0 Å². The molecule has 1 aromatic rings. The van der Waals surface area contributed by atoms with E-state index in [1.165, 1.54) is 6.42 Å². The van der Waals surface area contributed by atoms with E-state index in [0.29, 0.717) is 5.41 Å². The van der Waals surface area contributed by atoms with Gasteiger partial charge in [-0.05, 0) is 31.1 Å². The van der Waals surface area contributed by atoms with E-state index in [-0.39, 0.29) is 0 Å². The molecule has 1 aliphatic carbocycles. The lowest BCUT2D eigenvalue weighted by atomic mass is 9.84. The van der Waals surface area contributed by atoms with Crippen molar-refractivity contribution in [3.05, 3.63) is 16.6 Å². The third-order valence-electron chi connectivity index (χ3n) is 3.73. The zero-order chi connectivity index (χ0) is 11.6. The number of rotatable bonds is 2. The summed E-state index contributed by atoms with van der Waals surface area (Å²) in [5.74, 6) is 0. The molecule has 0 bridgehead atoms. The van der Waals surface area contributed by atoms with E-state index in [2.05, 4.69) is 18.8 Å². The second kappa shape index (κ2) is 4.46. The number of hydrogen-bond donors (Lipinski definition) is 1. The van der Waals surface area contributed by atoms with E-state index in [4.69, 9.17) is 0 Å². The molecular weight excluding hydrogens is 218 g/mol. The molecule has 0 aliphatic heterocycles. The monoisotopic (exact) mass is 239 g/mol. The van der Waals surface area contributed by atoms with Gasteiger partial charge in [0.15, 0.2) is 0 Å². The van der Waals surface area contributed by atoms with Crippen molar-refractivity contribution in [3.63, 3.8) is 0 Å². The first-order valence-corrected chi connectivity index (χ1v) is 6.98. The lowest BCUT2D eigenvalue weighted by Gasteiger charge is -2.27. The van der Waals surface area contributed by atoms with E-state index in [1.807, 2.05) is 11.6 Å². The summed E-state index contributed by atoms with van der Waals surface area (Å²) >= 11 is 1.65. The van der Waals surface area contributed by atoms with Gasteiger partial charge in [0.1, 0.15) is 0 Å². The van der Waals surface area contributed by atoms with Crippen molar-refractivity contribution in [1.29, 1.82) is 0 Å². The average molecular weight is 239 g/mol. The molecule has 0 saturated heterocycles. The molecule has 3 heteroatoms. The van der Waals surface area contributed by atoms with Gasteiger partial charge in [0.2, 0.25) is 0 Å². The van der Waals surface area contributed by atoms with Gasteiger partial charge in [-0.2, -0.15) is 0 Å². The van der Waals surface area contributed by atoms with Crippen LogP contribution in [0.25, 0.3) is 0 Å². The van der Waals surface area contributed by atoms with Gasteiger partial charge in [-0.3, -0.25) is 0 Å². The predicted octanol–water partition coefficient (Wildman–Crippen LogP) is 3.41. The summed E-state index contributed by atoms with van der Waals surface area (Å²) in [5.41, 5.74) is -0.112. The van der Waals surface area contributed by atoms with Gasteiger partial charge in [0.25, 0.3) is 0 Å². The summed E-state index contributed by atoms with van der Waals surface area (Å²) in [6.07, 6.45) is 7.89. The fourth-order valence-corrected chi connectivity index (χ4v) is 3.27. The Kier molecular flexibility index (Phi) is 3.36. The van der Waals surface area contributed by atoms with Crippen LogP contribution in [0.2, 0.25) is 0 Å². The molecule has 1 aromatic heterocycles. The third-order valence-corrected chi connectivity index (χ3v) is 4.51. The molecule has 0 spiro atoms. The van der Waals surface area contributed by atoms with Crippen LogP contribution >= 0.6 is 11.3 Å². The fraction of sp³-hybridized carbons (Fsp3) is 0.769. The minimum absolute atomic E-state index is 0.396. The van der Waals surface area contributed by atoms with Crippen LogP contribution < -0.4 is 0 Å². The first-order valence-electron chi connectivity index (χ1n) is 6.10. The average Bonchev–Trinajstić information content (AvgIpc) is 2.63. The third kappa shape index (κ3) is 3.05. The van der Waals surface area contributed by atoms with Crippen LogP contribution in [0.3, 0.4) is 0 Å². The van der Waals surface area contributed by atoms with E-state index in [9.17, 15) is 5.11 Å². The summed E-state index contributed by atoms with van der Waals surface area (Å²) in [6, 6.07) is 0. The molecule has 90 valence electrons. The SMILES string of the molecule is CC1(C)CCCC(O)(Cc2nccs2)CC1. The van der Waals surface area contributed by atoms with Crippen LogP contribution in [0.4, 0.5) is 0 Å². The lowest BCUT2D eigenvalue weighted by molar-refractivity contribution is 0.0226. The Hall–Kier alpha value is -0.410. The van der Waals surface area contributed by atoms with Crippen molar-refractivity contribution < 1.29 is 5.11 Å². The van der Waals surface area contributed by atoms with Crippen LogP contribution in [0, 0.1) is 5.41 Å². The second-order valence-electron chi connectivity index (χ2n) is 5.84. The van der Waals surface area contributed by atoms with Crippen LogP contribution in [-0.4, -0.2) is 15.7 Å². The zero-order valence-corrected chi connectivity index (χ0v) is 11.0. The summed E-state index contributed by atoms with van der Waals surface area (Å²) in [4.78, 5) is 4.28. The van der Waals surface area contributed by atoms with Gasteiger partial charge in [-0.25, -0.2) is 4.98 Å². The highest BCUT2D eigenvalue weighted by molar-refractivity contribution is 7.09. The number of nitrogens with zero attached hydrogens (tertiary/aromatic N) is 1. The standard InChI is InChI=1S/C13H21NOS/c1-12(2)4-3-5-13(15,7-6-12)10-11-14-8-9-16-11/h8-9,15H,3-7,10H2,1-2H3. The second-order valence-corrected chi connectivity index (χ2v) is 6.82. The molecular formula is C13H21NOS. The summed E-state index contributed by atoms with van der Waals surface area (Å²) in [5, 5.41) is 13.7. The van der Waals surface area contributed by atoms with Crippen molar-refractivity contribution >= 4 is 11.3 Å². The molecule has 0 aromatic carbocycles. The Morgan fingerprint density at radius 1 is 1.31 bits per heavy atom. The van der Waals surface area contributed by atoms with E-state index in [1.54, 1.807) is 11.3 Å². The molecule has 1 saturated carbocycles. The van der Waals surface area contributed by atoms with Gasteiger partial charge < -0.3 is 5.11 Å². The van der Waals surface area contributed by atoms with Crippen molar-refractivity contribution in [2.45, 2.75) is 58.0 Å². The van der Waals surface area contributed by atoms with Crippen LogP contribution in [0.15, 0.2) is 11.6 Å². The molecule has 1 atom stereocenters. The largest absolute Gasteiger partial charge is 0.389 e. The Labute approximate surface area is 102 Å². The molecule has 1 aliphatic rings. The van der Waals surface area contributed by atoms with Gasteiger partial charge in [0, 0.05) is 18.0 Å². The highest BCUT2D eigenvalue weighted by atomic mass is 32.1. The topological polar surface area (TPSA) is 33.1 Å². The highest BCUT2D eigenvalue weighted by Gasteiger charge is 2.34. The van der Waals surface area contributed by atoms with Crippen LogP contribution in [0.5, 0.6) is 0 Å². The predicted molar refractivity (Wildman–Crippen MR) is 67.6 cm³/mol. The Morgan fingerprint density at radius 3 is 2.81 bits per heavy atom. The van der Waals surface area contributed by atoms with E-state index >= 15 is 0 Å². The quantitative estimate of drug-likeness (QED) is 0.802. The van der Waals surface area contributed by atoms with Crippen molar-refractivity contribution in [1.82, 2.24) is 4.98 Å². The fourth-order valence-electron chi connectivity index (χ4n) is 2.52. The van der Waals surface area contributed by atoms with Gasteiger partial charge in [-0.15, -0.1) is 11.3 Å². The lowest BCUT2D eigenvalue weighted by Crippen LogP contribution is -2.31. The molecule has 16 heavy (non-hydrogen) atoms. The minimum Gasteiger partial charge on any atom is -0.389 e. The minimum atomic E-state index is -0.508. The zero-order valence-electron chi connectivity index (χ0n) is 10.2. The number of hydrogen-bond acceptors (Lipinski definition) is 3. The van der Waals surface area contributed by atoms with Crippen molar-refractivity contribution in [2.24, 2.45) is 5.41 Å². The Balaban J connectivity index is 2.02. The van der Waals surface area contributed by atoms with Crippen molar-refractivity contribution in [2.75, 3.05) is 0 Å². The molecule has 0 radical (unpaired) electrons. The Morgan fingerprint density at radius 2 is 2.12 bits per heavy atom. The first-order chi connectivity index (χ1) is 7.49. The van der Waals surface area contributed by atoms with Gasteiger partial charge in [0.05, 0.1) is 10.6 Å². The molecule has 1 heterocycles. The van der Waals surface area contributed by atoms with Crippen LogP contribution in [-0.2, 0) is 6.42 Å². The molecule has 2 rings (SSSR count). The van der Waals surface area contributed by atoms with Gasteiger partial charge in [-0.1, -0.05) is 20.3 Å². The first kappa shape index (κ1) is 12.1. The maximum atomic E-state index is 10.6.